The third kappa shape index (κ3) is 6.08. The molecule has 0 saturated carbocycles. The molecule has 1 aromatic heterocycles. The third-order valence-corrected chi connectivity index (χ3v) is 10.6. The Morgan fingerprint density at radius 1 is 1.03 bits per heavy atom. The molecule has 0 spiro atoms. The Morgan fingerprint density at radius 3 is 2.59 bits per heavy atom. The fraction of sp³-hybridized carbons (Fsp3) is 0.556. The van der Waals surface area contributed by atoms with Gasteiger partial charge in [0.05, 0.1) is 6.54 Å². The predicted octanol–water partition coefficient (Wildman–Crippen LogP) is 3.08. The van der Waals surface area contributed by atoms with Crippen LogP contribution < -0.4 is 4.72 Å². The molecule has 0 aliphatic carbocycles. The number of thiophene rings is 1. The van der Waals surface area contributed by atoms with Crippen molar-refractivity contribution in [3.05, 3.63) is 41.3 Å². The predicted molar refractivity (Wildman–Crippen MR) is 145 cm³/mol. The van der Waals surface area contributed by atoms with Crippen LogP contribution in [0.1, 0.15) is 44.1 Å². The van der Waals surface area contributed by atoms with E-state index in [1.165, 1.54) is 17.7 Å². The molecule has 4 heterocycles. The molecule has 0 radical (unpaired) electrons. The summed E-state index contributed by atoms with van der Waals surface area (Å²) in [6.07, 6.45) is 5.52. The highest BCUT2D eigenvalue weighted by Gasteiger charge is 2.36. The van der Waals surface area contributed by atoms with Crippen molar-refractivity contribution in [3.63, 3.8) is 0 Å². The Kier molecular flexibility index (Phi) is 7.99. The quantitative estimate of drug-likeness (QED) is 0.552. The van der Waals surface area contributed by atoms with Gasteiger partial charge in [0, 0.05) is 25.7 Å². The van der Waals surface area contributed by atoms with Gasteiger partial charge >= 0.3 is 0 Å². The van der Waals surface area contributed by atoms with Gasteiger partial charge in [-0.05, 0) is 81.1 Å². The second-order valence-corrected chi connectivity index (χ2v) is 13.3. The van der Waals surface area contributed by atoms with Crippen LogP contribution in [0.2, 0.25) is 0 Å². The highest BCUT2D eigenvalue weighted by molar-refractivity contribution is 7.91. The number of benzene rings is 1. The summed E-state index contributed by atoms with van der Waals surface area (Å²) in [5.41, 5.74) is 2.90. The van der Waals surface area contributed by atoms with E-state index in [2.05, 4.69) is 9.62 Å². The Bertz CT molecular complexity index is 1240. The topological polar surface area (TPSA) is 90.0 Å². The van der Waals surface area contributed by atoms with Crippen LogP contribution in [0.25, 0.3) is 11.1 Å². The number of hydrogen-bond acceptors (Lipinski definition) is 6. The van der Waals surface area contributed by atoms with Crippen LogP contribution in [-0.2, 0) is 19.6 Å². The van der Waals surface area contributed by atoms with Crippen molar-refractivity contribution in [1.29, 1.82) is 0 Å². The van der Waals surface area contributed by atoms with E-state index in [0.29, 0.717) is 19.4 Å². The number of aryl methyl sites for hydroxylation is 1. The molecule has 2 amide bonds. The number of nitrogens with zero attached hydrogens (tertiary/aromatic N) is 3. The zero-order chi connectivity index (χ0) is 26.0. The molecular weight excluding hydrogens is 508 g/mol. The molecule has 0 bridgehead atoms. The average molecular weight is 545 g/mol. The number of likely N-dealkylation sites (tertiary alicyclic amines) is 3. The van der Waals surface area contributed by atoms with E-state index in [-0.39, 0.29) is 28.6 Å². The SMILES string of the molecule is Cc1cccc(-c2csc(S(=O)(=O)N[C@H]3CCCN(CC(=O)N4CCC[C@H]4CN4CCCC4)C3=O)c2)c1. The molecule has 1 aromatic carbocycles. The number of piperidine rings is 1. The number of amides is 2. The van der Waals surface area contributed by atoms with Gasteiger partial charge in [0.25, 0.3) is 10.0 Å². The van der Waals surface area contributed by atoms with Crippen molar-refractivity contribution in [1.82, 2.24) is 19.4 Å². The lowest BCUT2D eigenvalue weighted by atomic mass is 10.1. The van der Waals surface area contributed by atoms with Crippen molar-refractivity contribution >= 4 is 33.2 Å². The minimum absolute atomic E-state index is 0.0179. The summed E-state index contributed by atoms with van der Waals surface area (Å²) in [7, 11) is -3.86. The summed E-state index contributed by atoms with van der Waals surface area (Å²) < 4.78 is 29.1. The summed E-state index contributed by atoms with van der Waals surface area (Å²) >= 11 is 1.15. The summed E-state index contributed by atoms with van der Waals surface area (Å²) in [4.78, 5) is 32.3. The maximum atomic E-state index is 13.2. The van der Waals surface area contributed by atoms with Gasteiger partial charge in [-0.15, -0.1) is 11.3 Å². The van der Waals surface area contributed by atoms with Crippen molar-refractivity contribution in [2.45, 2.75) is 61.7 Å². The van der Waals surface area contributed by atoms with Crippen molar-refractivity contribution in [2.75, 3.05) is 39.3 Å². The fourth-order valence-electron chi connectivity index (χ4n) is 5.76. The third-order valence-electron chi connectivity index (χ3n) is 7.71. The molecule has 200 valence electrons. The van der Waals surface area contributed by atoms with Crippen molar-refractivity contribution < 1.29 is 18.0 Å². The van der Waals surface area contributed by atoms with Crippen LogP contribution in [0.5, 0.6) is 0 Å². The van der Waals surface area contributed by atoms with Crippen LogP contribution in [-0.4, -0.2) is 86.3 Å². The minimum Gasteiger partial charge on any atom is -0.337 e. The Morgan fingerprint density at radius 2 is 1.81 bits per heavy atom. The van der Waals surface area contributed by atoms with Gasteiger partial charge in [0.1, 0.15) is 10.3 Å². The van der Waals surface area contributed by atoms with Crippen molar-refractivity contribution in [2.24, 2.45) is 0 Å². The summed E-state index contributed by atoms with van der Waals surface area (Å²) in [6, 6.07) is 8.93. The summed E-state index contributed by atoms with van der Waals surface area (Å²) in [5, 5.41) is 1.83. The lowest BCUT2D eigenvalue weighted by Gasteiger charge is -2.34. The van der Waals surface area contributed by atoms with Gasteiger partial charge < -0.3 is 14.7 Å². The zero-order valence-electron chi connectivity index (χ0n) is 21.4. The first-order valence-electron chi connectivity index (χ1n) is 13.3. The number of nitrogens with one attached hydrogen (secondary N) is 1. The molecule has 5 rings (SSSR count). The Labute approximate surface area is 223 Å². The molecule has 3 aliphatic heterocycles. The maximum Gasteiger partial charge on any atom is 0.250 e. The van der Waals surface area contributed by atoms with Crippen LogP contribution >= 0.6 is 11.3 Å². The highest BCUT2D eigenvalue weighted by atomic mass is 32.2. The van der Waals surface area contributed by atoms with E-state index in [0.717, 1.165) is 67.0 Å². The van der Waals surface area contributed by atoms with E-state index in [4.69, 9.17) is 0 Å². The first-order valence-corrected chi connectivity index (χ1v) is 15.6. The molecule has 0 unspecified atom stereocenters. The second kappa shape index (κ2) is 11.2. The van der Waals surface area contributed by atoms with Crippen molar-refractivity contribution in [3.8, 4) is 11.1 Å². The molecule has 8 nitrogen and oxygen atoms in total. The van der Waals surface area contributed by atoms with Crippen LogP contribution in [0.4, 0.5) is 0 Å². The van der Waals surface area contributed by atoms with E-state index < -0.39 is 16.1 Å². The van der Waals surface area contributed by atoms with Gasteiger partial charge in [0.2, 0.25) is 11.8 Å². The minimum atomic E-state index is -3.86. The first kappa shape index (κ1) is 26.3. The number of carbonyl (C=O) groups is 2. The van der Waals surface area contributed by atoms with Crippen LogP contribution in [0, 0.1) is 6.92 Å². The van der Waals surface area contributed by atoms with Gasteiger partial charge in [-0.3, -0.25) is 9.59 Å². The Balaban J connectivity index is 1.21. The first-order chi connectivity index (χ1) is 17.8. The zero-order valence-corrected chi connectivity index (χ0v) is 23.0. The number of hydrogen-bond donors (Lipinski definition) is 1. The lowest BCUT2D eigenvalue weighted by molar-refractivity contribution is -0.143. The number of sulfonamides is 1. The Hall–Kier alpha value is -2.27. The molecule has 3 saturated heterocycles. The average Bonchev–Trinajstić information content (AvgIpc) is 3.64. The normalized spacial score (nSPS) is 23.2. The molecule has 2 aromatic rings. The smallest absolute Gasteiger partial charge is 0.250 e. The van der Waals surface area contributed by atoms with Crippen LogP contribution in [0.15, 0.2) is 39.9 Å². The van der Waals surface area contributed by atoms with E-state index in [1.807, 2.05) is 41.5 Å². The molecule has 3 fully saturated rings. The molecular formula is C27H36N4O4S2. The molecule has 3 aliphatic rings. The standard InChI is InChI=1S/C27H36N4O4S2/c1-20-7-4-8-21(15-20)22-16-26(36-19-22)37(34,35)28-24-10-6-13-30(27(24)33)18-25(32)31-14-5-9-23(31)17-29-11-2-3-12-29/h4,7-8,15-16,19,23-24,28H,2-3,5-6,9-14,17-18H2,1H3/t23-,24-/m0/s1. The summed E-state index contributed by atoms with van der Waals surface area (Å²) in [6.45, 7) is 6.33. The van der Waals surface area contributed by atoms with Gasteiger partial charge in [-0.2, -0.15) is 4.72 Å². The summed E-state index contributed by atoms with van der Waals surface area (Å²) in [5.74, 6) is -0.339. The van der Waals surface area contributed by atoms with Gasteiger partial charge in [0.15, 0.2) is 0 Å². The lowest BCUT2D eigenvalue weighted by Crippen LogP contribution is -2.55. The van der Waals surface area contributed by atoms with Gasteiger partial charge in [-0.25, -0.2) is 8.42 Å². The van der Waals surface area contributed by atoms with Crippen LogP contribution in [0.3, 0.4) is 0 Å². The monoisotopic (exact) mass is 544 g/mol. The molecule has 37 heavy (non-hydrogen) atoms. The molecule has 1 N–H and O–H groups in total. The van der Waals surface area contributed by atoms with E-state index >= 15 is 0 Å². The number of carbonyl (C=O) groups excluding carboxylic acids is 2. The number of rotatable bonds is 8. The second-order valence-electron chi connectivity index (χ2n) is 10.5. The van der Waals surface area contributed by atoms with E-state index in [9.17, 15) is 18.0 Å². The van der Waals surface area contributed by atoms with E-state index in [1.54, 1.807) is 6.07 Å². The molecule has 2 atom stereocenters. The largest absolute Gasteiger partial charge is 0.337 e. The highest BCUT2D eigenvalue weighted by Crippen LogP contribution is 2.29. The fourth-order valence-corrected chi connectivity index (χ4v) is 8.19. The molecule has 10 heteroatoms. The van der Waals surface area contributed by atoms with Gasteiger partial charge in [-0.1, -0.05) is 29.8 Å². The maximum absolute atomic E-state index is 13.2.